The van der Waals surface area contributed by atoms with E-state index >= 15 is 0 Å². The van der Waals surface area contributed by atoms with E-state index in [4.69, 9.17) is 0 Å². The lowest BCUT2D eigenvalue weighted by atomic mass is 10.1. The van der Waals surface area contributed by atoms with E-state index in [2.05, 4.69) is 10.6 Å². The molecule has 0 aliphatic heterocycles. The van der Waals surface area contributed by atoms with Gasteiger partial charge in [0.2, 0.25) is 5.91 Å². The molecule has 0 heterocycles. The number of carbonyl (C=O) groups is 2. The molecular weight excluding hydrogens is 264 g/mol. The maximum atomic E-state index is 11.9. The number of ketones is 1. The second kappa shape index (κ2) is 6.70. The summed E-state index contributed by atoms with van der Waals surface area (Å²) < 4.78 is 0. The first-order chi connectivity index (χ1) is 10.0. The summed E-state index contributed by atoms with van der Waals surface area (Å²) in [6.45, 7) is 3.67. The fourth-order valence-electron chi connectivity index (χ4n) is 1.96. The summed E-state index contributed by atoms with van der Waals surface area (Å²) in [5.41, 5.74) is 3.25. The van der Waals surface area contributed by atoms with Crippen LogP contribution in [0, 0.1) is 6.92 Å². The lowest BCUT2D eigenvalue weighted by Gasteiger charge is -2.09. The van der Waals surface area contributed by atoms with Gasteiger partial charge in [0.15, 0.2) is 5.78 Å². The topological polar surface area (TPSA) is 58.2 Å². The molecule has 2 aromatic carbocycles. The van der Waals surface area contributed by atoms with Crippen LogP contribution in [0.2, 0.25) is 0 Å². The first-order valence-corrected chi connectivity index (χ1v) is 6.76. The van der Waals surface area contributed by atoms with Gasteiger partial charge >= 0.3 is 0 Å². The van der Waals surface area contributed by atoms with Crippen molar-refractivity contribution in [2.45, 2.75) is 13.8 Å². The van der Waals surface area contributed by atoms with Crippen LogP contribution in [0.3, 0.4) is 0 Å². The molecule has 0 radical (unpaired) electrons. The van der Waals surface area contributed by atoms with Crippen molar-refractivity contribution in [3.05, 3.63) is 59.7 Å². The number of amides is 1. The van der Waals surface area contributed by atoms with Crippen LogP contribution in [0.25, 0.3) is 0 Å². The zero-order chi connectivity index (χ0) is 15.2. The van der Waals surface area contributed by atoms with Gasteiger partial charge in [-0.1, -0.05) is 24.3 Å². The highest BCUT2D eigenvalue weighted by molar-refractivity contribution is 5.98. The zero-order valence-electron chi connectivity index (χ0n) is 12.1. The molecule has 0 bridgehead atoms. The first-order valence-electron chi connectivity index (χ1n) is 6.76. The van der Waals surface area contributed by atoms with E-state index in [1.165, 1.54) is 6.92 Å². The highest BCUT2D eigenvalue weighted by Gasteiger charge is 2.05. The molecule has 0 unspecified atom stereocenters. The highest BCUT2D eigenvalue weighted by Crippen LogP contribution is 2.12. The van der Waals surface area contributed by atoms with Crippen molar-refractivity contribution < 1.29 is 9.59 Å². The number of carbonyl (C=O) groups excluding carboxylic acids is 2. The van der Waals surface area contributed by atoms with Crippen molar-refractivity contribution in [3.8, 4) is 0 Å². The molecular formula is C17H18N2O2. The van der Waals surface area contributed by atoms with Gasteiger partial charge < -0.3 is 10.6 Å². The van der Waals surface area contributed by atoms with Gasteiger partial charge in [-0.2, -0.15) is 0 Å². The molecule has 4 nitrogen and oxygen atoms in total. The third-order valence-corrected chi connectivity index (χ3v) is 3.02. The van der Waals surface area contributed by atoms with Gasteiger partial charge in [0, 0.05) is 16.9 Å². The normalized spacial score (nSPS) is 10.0. The van der Waals surface area contributed by atoms with Crippen LogP contribution < -0.4 is 10.6 Å². The molecule has 2 rings (SSSR count). The highest BCUT2D eigenvalue weighted by atomic mass is 16.2. The maximum absolute atomic E-state index is 11.9. The summed E-state index contributed by atoms with van der Waals surface area (Å²) in [5.74, 6) is -0.179. The lowest BCUT2D eigenvalue weighted by molar-refractivity contribution is -0.114. The van der Waals surface area contributed by atoms with Gasteiger partial charge in [0.25, 0.3) is 0 Å². The van der Waals surface area contributed by atoms with Gasteiger partial charge in [-0.15, -0.1) is 0 Å². The van der Waals surface area contributed by atoms with Gasteiger partial charge in [0.1, 0.15) is 0 Å². The average molecular weight is 282 g/mol. The number of aryl methyl sites for hydroxylation is 1. The van der Waals surface area contributed by atoms with E-state index in [-0.39, 0.29) is 18.2 Å². The van der Waals surface area contributed by atoms with Crippen LogP contribution in [-0.2, 0) is 4.79 Å². The van der Waals surface area contributed by atoms with Gasteiger partial charge in [-0.05, 0) is 43.7 Å². The first kappa shape index (κ1) is 14.8. The Bertz CT molecular complexity index is 665. The smallest absolute Gasteiger partial charge is 0.243 e. The minimum absolute atomic E-state index is 0.0241. The molecule has 108 valence electrons. The molecule has 21 heavy (non-hydrogen) atoms. The van der Waals surface area contributed by atoms with Crippen LogP contribution in [-0.4, -0.2) is 18.2 Å². The lowest BCUT2D eigenvalue weighted by Crippen LogP contribution is -2.21. The van der Waals surface area contributed by atoms with Crippen LogP contribution in [0.4, 0.5) is 11.4 Å². The average Bonchev–Trinajstić information content (AvgIpc) is 2.45. The van der Waals surface area contributed by atoms with E-state index in [0.29, 0.717) is 11.3 Å². The molecule has 2 N–H and O–H groups in total. The number of anilines is 2. The van der Waals surface area contributed by atoms with E-state index < -0.39 is 0 Å². The Kier molecular flexibility index (Phi) is 4.72. The second-order valence-electron chi connectivity index (χ2n) is 4.91. The number of Topliss-reactive ketones (excluding diaryl/α,β-unsaturated/α-hetero) is 1. The van der Waals surface area contributed by atoms with Crippen molar-refractivity contribution >= 4 is 23.1 Å². The Balaban J connectivity index is 1.93. The van der Waals surface area contributed by atoms with E-state index in [1.54, 1.807) is 24.3 Å². The molecule has 0 fully saturated rings. The summed E-state index contributed by atoms with van der Waals surface area (Å²) >= 11 is 0. The summed E-state index contributed by atoms with van der Waals surface area (Å²) in [4.78, 5) is 23.2. The number of hydrogen-bond donors (Lipinski definition) is 2. The van der Waals surface area contributed by atoms with Crippen molar-refractivity contribution in [2.75, 3.05) is 17.2 Å². The summed E-state index contributed by atoms with van der Waals surface area (Å²) in [7, 11) is 0. The third-order valence-electron chi connectivity index (χ3n) is 3.02. The molecule has 0 saturated carbocycles. The molecule has 1 amide bonds. The molecule has 0 aliphatic rings. The van der Waals surface area contributed by atoms with Crippen LogP contribution in [0.5, 0.6) is 0 Å². The van der Waals surface area contributed by atoms with Crippen LogP contribution >= 0.6 is 0 Å². The largest absolute Gasteiger partial charge is 0.376 e. The number of nitrogens with one attached hydrogen (secondary N) is 2. The van der Waals surface area contributed by atoms with Crippen molar-refractivity contribution in [1.29, 1.82) is 0 Å². The molecule has 0 aliphatic carbocycles. The van der Waals surface area contributed by atoms with Crippen molar-refractivity contribution in [3.63, 3.8) is 0 Å². The monoisotopic (exact) mass is 282 g/mol. The molecule has 0 atom stereocenters. The maximum Gasteiger partial charge on any atom is 0.243 e. The van der Waals surface area contributed by atoms with Crippen LogP contribution in [0.1, 0.15) is 22.8 Å². The summed E-state index contributed by atoms with van der Waals surface area (Å²) in [6, 6.07) is 14.7. The SMILES string of the molecule is CC(=O)c1cccc(NC(=O)CNc2cccc(C)c2)c1. The van der Waals surface area contributed by atoms with E-state index in [9.17, 15) is 9.59 Å². The summed E-state index contributed by atoms with van der Waals surface area (Å²) in [5, 5.41) is 5.83. The Morgan fingerprint density at radius 1 is 1.00 bits per heavy atom. The molecule has 0 spiro atoms. The quantitative estimate of drug-likeness (QED) is 0.828. The van der Waals surface area contributed by atoms with Crippen molar-refractivity contribution in [2.24, 2.45) is 0 Å². The van der Waals surface area contributed by atoms with Gasteiger partial charge in [-0.25, -0.2) is 0 Å². The number of hydrogen-bond acceptors (Lipinski definition) is 3. The summed E-state index contributed by atoms with van der Waals surface area (Å²) in [6.07, 6.45) is 0. The Morgan fingerprint density at radius 2 is 1.71 bits per heavy atom. The Morgan fingerprint density at radius 3 is 2.43 bits per heavy atom. The number of rotatable bonds is 5. The fraction of sp³-hybridized carbons (Fsp3) is 0.176. The zero-order valence-corrected chi connectivity index (χ0v) is 12.1. The van der Waals surface area contributed by atoms with Crippen LogP contribution in [0.15, 0.2) is 48.5 Å². The van der Waals surface area contributed by atoms with Gasteiger partial charge in [0.05, 0.1) is 6.54 Å². The predicted molar refractivity (Wildman–Crippen MR) is 84.7 cm³/mol. The number of benzene rings is 2. The van der Waals surface area contributed by atoms with E-state index in [0.717, 1.165) is 11.3 Å². The molecule has 2 aromatic rings. The fourth-order valence-corrected chi connectivity index (χ4v) is 1.96. The third kappa shape index (κ3) is 4.45. The minimum Gasteiger partial charge on any atom is -0.376 e. The van der Waals surface area contributed by atoms with Gasteiger partial charge in [-0.3, -0.25) is 9.59 Å². The molecule has 4 heteroatoms. The molecule has 0 saturated heterocycles. The van der Waals surface area contributed by atoms with Crippen molar-refractivity contribution in [1.82, 2.24) is 0 Å². The Hall–Kier alpha value is -2.62. The van der Waals surface area contributed by atoms with E-state index in [1.807, 2.05) is 31.2 Å². The minimum atomic E-state index is -0.155. The molecule has 0 aromatic heterocycles. The second-order valence-corrected chi connectivity index (χ2v) is 4.91. The standard InChI is InChI=1S/C17H18N2O2/c1-12-5-3-7-15(9-12)18-11-17(21)19-16-8-4-6-14(10-16)13(2)20/h3-10,18H,11H2,1-2H3,(H,19,21). The Labute approximate surface area is 124 Å². The predicted octanol–water partition coefficient (Wildman–Crippen LogP) is 3.25.